The van der Waals surface area contributed by atoms with Crippen LogP contribution in [0.3, 0.4) is 0 Å². The van der Waals surface area contributed by atoms with Crippen molar-refractivity contribution in [2.75, 3.05) is 11.4 Å². The quantitative estimate of drug-likeness (QED) is 0.908. The monoisotopic (exact) mass is 260 g/mol. The lowest BCUT2D eigenvalue weighted by molar-refractivity contribution is 0.281. The summed E-state index contributed by atoms with van der Waals surface area (Å²) in [5.41, 5.74) is 2.10. The largest absolute Gasteiger partial charge is 0.392 e. The van der Waals surface area contributed by atoms with Gasteiger partial charge in [0.05, 0.1) is 6.61 Å². The maximum absolute atomic E-state index is 9.41. The third-order valence-electron chi connectivity index (χ3n) is 4.77. The minimum atomic E-state index is 0.116. The number of aliphatic hydroxyl groups excluding tert-OH is 1. The summed E-state index contributed by atoms with van der Waals surface area (Å²) >= 11 is 0. The smallest absolute Gasteiger partial charge is 0.129 e. The van der Waals surface area contributed by atoms with E-state index < -0.39 is 0 Å². The van der Waals surface area contributed by atoms with E-state index in [1.807, 2.05) is 6.07 Å². The van der Waals surface area contributed by atoms with Crippen LogP contribution in [0.1, 0.15) is 50.3 Å². The third kappa shape index (κ3) is 2.48. The molecular formula is C16H24N2O. The summed E-state index contributed by atoms with van der Waals surface area (Å²) in [4.78, 5) is 7.29. The lowest BCUT2D eigenvalue weighted by atomic mass is 9.85. The van der Waals surface area contributed by atoms with Crippen molar-refractivity contribution in [1.82, 2.24) is 4.98 Å². The number of aromatic nitrogens is 1. The van der Waals surface area contributed by atoms with Crippen molar-refractivity contribution in [1.29, 1.82) is 0 Å². The molecule has 2 atom stereocenters. The van der Waals surface area contributed by atoms with Gasteiger partial charge in [-0.1, -0.05) is 19.8 Å². The van der Waals surface area contributed by atoms with E-state index in [1.165, 1.54) is 32.1 Å². The van der Waals surface area contributed by atoms with Gasteiger partial charge in [-0.3, -0.25) is 0 Å². The molecule has 2 heterocycles. The summed E-state index contributed by atoms with van der Waals surface area (Å²) in [6.07, 6.45) is 7.72. The third-order valence-corrected chi connectivity index (χ3v) is 4.77. The molecule has 1 saturated heterocycles. The SMILES string of the molecule is CCc1cc(CO)cc(N2CCC3CCCCC32)n1. The van der Waals surface area contributed by atoms with Crippen LogP contribution in [0.2, 0.25) is 0 Å². The van der Waals surface area contributed by atoms with Crippen LogP contribution >= 0.6 is 0 Å². The van der Waals surface area contributed by atoms with Crippen molar-refractivity contribution in [2.45, 2.75) is 58.1 Å². The van der Waals surface area contributed by atoms with Crippen molar-refractivity contribution in [3.05, 3.63) is 23.4 Å². The van der Waals surface area contributed by atoms with Crippen LogP contribution in [0.5, 0.6) is 0 Å². The van der Waals surface area contributed by atoms with E-state index in [4.69, 9.17) is 4.98 Å². The first-order valence-corrected chi connectivity index (χ1v) is 7.69. The molecule has 1 N–H and O–H groups in total. The van der Waals surface area contributed by atoms with Gasteiger partial charge < -0.3 is 10.0 Å². The second kappa shape index (κ2) is 5.49. The minimum absolute atomic E-state index is 0.116. The molecule has 0 amide bonds. The molecule has 2 aliphatic rings. The predicted octanol–water partition coefficient (Wildman–Crippen LogP) is 2.91. The van der Waals surface area contributed by atoms with Gasteiger partial charge in [0.15, 0.2) is 0 Å². The van der Waals surface area contributed by atoms with Crippen molar-refractivity contribution in [2.24, 2.45) is 5.92 Å². The topological polar surface area (TPSA) is 36.4 Å². The molecule has 1 aliphatic heterocycles. The number of pyridine rings is 1. The van der Waals surface area contributed by atoms with Gasteiger partial charge >= 0.3 is 0 Å². The van der Waals surface area contributed by atoms with Gasteiger partial charge in [0.1, 0.15) is 5.82 Å². The first-order chi connectivity index (χ1) is 9.31. The van der Waals surface area contributed by atoms with E-state index in [2.05, 4.69) is 17.9 Å². The number of aryl methyl sites for hydroxylation is 1. The van der Waals surface area contributed by atoms with E-state index in [9.17, 15) is 5.11 Å². The van der Waals surface area contributed by atoms with Gasteiger partial charge in [0.2, 0.25) is 0 Å². The summed E-state index contributed by atoms with van der Waals surface area (Å²) in [6, 6.07) is 4.80. The van der Waals surface area contributed by atoms with Gasteiger partial charge in [0, 0.05) is 18.3 Å². The fourth-order valence-electron chi connectivity index (χ4n) is 3.74. The fraction of sp³-hybridized carbons (Fsp3) is 0.688. The summed E-state index contributed by atoms with van der Waals surface area (Å²) in [5.74, 6) is 1.97. The number of anilines is 1. The Morgan fingerprint density at radius 3 is 2.89 bits per heavy atom. The molecule has 3 rings (SSSR count). The molecule has 1 aromatic heterocycles. The number of rotatable bonds is 3. The molecule has 0 bridgehead atoms. The van der Waals surface area contributed by atoms with Crippen LogP contribution in [0.15, 0.2) is 12.1 Å². The number of nitrogens with zero attached hydrogens (tertiary/aromatic N) is 2. The normalized spacial score (nSPS) is 26.5. The Kier molecular flexibility index (Phi) is 3.74. The van der Waals surface area contributed by atoms with E-state index in [0.29, 0.717) is 6.04 Å². The highest BCUT2D eigenvalue weighted by molar-refractivity contribution is 5.45. The maximum Gasteiger partial charge on any atom is 0.129 e. The second-order valence-corrected chi connectivity index (χ2v) is 5.93. The van der Waals surface area contributed by atoms with Gasteiger partial charge in [-0.2, -0.15) is 0 Å². The van der Waals surface area contributed by atoms with Crippen LogP contribution < -0.4 is 4.90 Å². The number of aliphatic hydroxyl groups is 1. The van der Waals surface area contributed by atoms with E-state index in [0.717, 1.165) is 36.0 Å². The molecule has 104 valence electrons. The minimum Gasteiger partial charge on any atom is -0.392 e. The molecule has 2 fully saturated rings. The Morgan fingerprint density at radius 1 is 1.26 bits per heavy atom. The molecular weight excluding hydrogens is 236 g/mol. The van der Waals surface area contributed by atoms with Crippen molar-refractivity contribution in [3.63, 3.8) is 0 Å². The Hall–Kier alpha value is -1.09. The van der Waals surface area contributed by atoms with E-state index >= 15 is 0 Å². The lowest BCUT2D eigenvalue weighted by Crippen LogP contribution is -2.35. The van der Waals surface area contributed by atoms with E-state index in [1.54, 1.807) is 0 Å². The van der Waals surface area contributed by atoms with Crippen molar-refractivity contribution < 1.29 is 5.11 Å². The van der Waals surface area contributed by atoms with Crippen LogP contribution in [0.4, 0.5) is 5.82 Å². The molecule has 2 unspecified atom stereocenters. The average molecular weight is 260 g/mol. The summed E-state index contributed by atoms with van der Waals surface area (Å²) < 4.78 is 0. The molecule has 1 aromatic rings. The van der Waals surface area contributed by atoms with Crippen LogP contribution in [0.25, 0.3) is 0 Å². The Labute approximate surface area is 115 Å². The summed E-state index contributed by atoms with van der Waals surface area (Å²) in [7, 11) is 0. The maximum atomic E-state index is 9.41. The van der Waals surface area contributed by atoms with Crippen LogP contribution in [0, 0.1) is 5.92 Å². The molecule has 3 nitrogen and oxygen atoms in total. The molecule has 0 spiro atoms. The molecule has 1 aliphatic carbocycles. The van der Waals surface area contributed by atoms with E-state index in [-0.39, 0.29) is 6.61 Å². The molecule has 1 saturated carbocycles. The van der Waals surface area contributed by atoms with Gasteiger partial charge in [0.25, 0.3) is 0 Å². The standard InChI is InChI=1S/C16H24N2O/c1-2-14-9-12(11-19)10-16(17-14)18-8-7-13-5-3-4-6-15(13)18/h9-10,13,15,19H,2-8,11H2,1H3. The zero-order valence-corrected chi connectivity index (χ0v) is 11.8. The average Bonchev–Trinajstić information content (AvgIpc) is 2.90. The first kappa shape index (κ1) is 12.9. The highest BCUT2D eigenvalue weighted by atomic mass is 16.3. The Morgan fingerprint density at radius 2 is 2.11 bits per heavy atom. The second-order valence-electron chi connectivity index (χ2n) is 5.93. The molecule has 0 radical (unpaired) electrons. The predicted molar refractivity (Wildman–Crippen MR) is 77.2 cm³/mol. The van der Waals surface area contributed by atoms with Crippen LogP contribution in [-0.2, 0) is 13.0 Å². The highest BCUT2D eigenvalue weighted by Crippen LogP contribution is 2.38. The highest BCUT2D eigenvalue weighted by Gasteiger charge is 2.36. The summed E-state index contributed by atoms with van der Waals surface area (Å²) in [6.45, 7) is 3.38. The molecule has 19 heavy (non-hydrogen) atoms. The Bertz CT molecular complexity index is 424. The van der Waals surface area contributed by atoms with Crippen molar-refractivity contribution >= 4 is 5.82 Å². The van der Waals surface area contributed by atoms with Gasteiger partial charge in [-0.05, 0) is 49.3 Å². The lowest BCUT2D eigenvalue weighted by Gasteiger charge is -2.32. The Balaban J connectivity index is 1.88. The molecule has 0 aromatic carbocycles. The van der Waals surface area contributed by atoms with Gasteiger partial charge in [-0.15, -0.1) is 0 Å². The fourth-order valence-corrected chi connectivity index (χ4v) is 3.74. The molecule has 3 heteroatoms. The number of hydrogen-bond donors (Lipinski definition) is 1. The van der Waals surface area contributed by atoms with Crippen molar-refractivity contribution in [3.8, 4) is 0 Å². The number of hydrogen-bond acceptors (Lipinski definition) is 3. The first-order valence-electron chi connectivity index (χ1n) is 7.69. The zero-order chi connectivity index (χ0) is 13.2. The summed E-state index contributed by atoms with van der Waals surface area (Å²) in [5, 5.41) is 9.41. The van der Waals surface area contributed by atoms with Crippen LogP contribution in [-0.4, -0.2) is 22.7 Å². The van der Waals surface area contributed by atoms with Gasteiger partial charge in [-0.25, -0.2) is 4.98 Å². The number of fused-ring (bicyclic) bond motifs is 1. The zero-order valence-electron chi connectivity index (χ0n) is 11.8.